The van der Waals surface area contributed by atoms with Crippen LogP contribution in [0.25, 0.3) is 11.8 Å². The molecule has 3 rings (SSSR count). The Morgan fingerprint density at radius 1 is 1.13 bits per heavy atom. The number of anilines is 1. The predicted octanol–water partition coefficient (Wildman–Crippen LogP) is 3.56. The van der Waals surface area contributed by atoms with Crippen molar-refractivity contribution in [3.05, 3.63) is 65.2 Å². The number of cyclic esters (lactones) is 1. The largest absolute Gasteiger partial charge is 0.465 e. The summed E-state index contributed by atoms with van der Waals surface area (Å²) in [6.45, 7) is 0. The Hall–Kier alpha value is -3.08. The molecule has 0 bridgehead atoms. The topological polar surface area (TPSA) is 55.8 Å². The van der Waals surface area contributed by atoms with Gasteiger partial charge in [0, 0.05) is 12.6 Å². The van der Waals surface area contributed by atoms with Crippen LogP contribution in [0.5, 0.6) is 0 Å². The Kier molecular flexibility index (Phi) is 3.85. The number of ether oxygens (including phenoxy) is 2. The summed E-state index contributed by atoms with van der Waals surface area (Å²) in [7, 11) is 3.01. The highest BCUT2D eigenvalue weighted by Gasteiger charge is 2.25. The molecule has 2 aromatic carbocycles. The molecule has 5 nitrogen and oxygen atoms in total. The van der Waals surface area contributed by atoms with Gasteiger partial charge < -0.3 is 9.47 Å². The van der Waals surface area contributed by atoms with Crippen LogP contribution in [0.2, 0.25) is 0 Å². The van der Waals surface area contributed by atoms with E-state index in [9.17, 15) is 9.59 Å². The van der Waals surface area contributed by atoms with Gasteiger partial charge in [0.2, 0.25) is 0 Å². The van der Waals surface area contributed by atoms with Crippen LogP contribution in [0.4, 0.5) is 10.5 Å². The summed E-state index contributed by atoms with van der Waals surface area (Å²) in [5.74, 6) is 0.0924. The Morgan fingerprint density at radius 3 is 2.52 bits per heavy atom. The van der Waals surface area contributed by atoms with Crippen molar-refractivity contribution in [2.45, 2.75) is 0 Å². The minimum absolute atomic E-state index is 0.389. The Balaban J connectivity index is 1.98. The first-order chi connectivity index (χ1) is 11.1. The second kappa shape index (κ2) is 5.96. The number of hydrogen-bond donors (Lipinski definition) is 0. The van der Waals surface area contributed by atoms with Gasteiger partial charge in [0.15, 0.2) is 0 Å². The molecule has 1 aliphatic heterocycles. The highest BCUT2D eigenvalue weighted by Crippen LogP contribution is 2.34. The minimum Gasteiger partial charge on any atom is -0.465 e. The molecular formula is C18H15NO4. The van der Waals surface area contributed by atoms with E-state index in [1.807, 2.05) is 24.3 Å². The van der Waals surface area contributed by atoms with Gasteiger partial charge in [-0.15, -0.1) is 0 Å². The maximum Gasteiger partial charge on any atom is 0.419 e. The van der Waals surface area contributed by atoms with Crippen LogP contribution in [0.1, 0.15) is 21.5 Å². The lowest BCUT2D eigenvalue weighted by atomic mass is 10.1. The summed E-state index contributed by atoms with van der Waals surface area (Å²) in [5.41, 5.74) is 2.92. The molecule has 1 aliphatic rings. The molecule has 0 radical (unpaired) electrons. The van der Waals surface area contributed by atoms with Crippen molar-refractivity contribution in [3.63, 3.8) is 0 Å². The second-order valence-electron chi connectivity index (χ2n) is 5.07. The smallest absolute Gasteiger partial charge is 0.419 e. The van der Waals surface area contributed by atoms with Crippen molar-refractivity contribution >= 4 is 29.6 Å². The number of para-hydroxylation sites is 1. The first kappa shape index (κ1) is 14.8. The number of carbonyl (C=O) groups is 2. The van der Waals surface area contributed by atoms with Gasteiger partial charge in [-0.3, -0.25) is 4.90 Å². The summed E-state index contributed by atoms with van der Waals surface area (Å²) in [4.78, 5) is 24.9. The monoisotopic (exact) mass is 309 g/mol. The number of methoxy groups -OCH3 is 1. The molecule has 116 valence electrons. The number of fused-ring (bicyclic) bond motifs is 1. The van der Waals surface area contributed by atoms with Crippen LogP contribution in [0, 0.1) is 0 Å². The van der Waals surface area contributed by atoms with E-state index in [1.165, 1.54) is 12.0 Å². The molecule has 0 fully saturated rings. The zero-order valence-electron chi connectivity index (χ0n) is 12.8. The van der Waals surface area contributed by atoms with Gasteiger partial charge in [0.05, 0.1) is 18.4 Å². The average molecular weight is 309 g/mol. The van der Waals surface area contributed by atoms with Crippen molar-refractivity contribution in [3.8, 4) is 0 Å². The molecule has 23 heavy (non-hydrogen) atoms. The van der Waals surface area contributed by atoms with Crippen molar-refractivity contribution < 1.29 is 19.1 Å². The summed E-state index contributed by atoms with van der Waals surface area (Å²) < 4.78 is 10.1. The third kappa shape index (κ3) is 2.81. The van der Waals surface area contributed by atoms with Gasteiger partial charge in [0.1, 0.15) is 5.76 Å². The van der Waals surface area contributed by atoms with E-state index in [2.05, 4.69) is 4.74 Å². The SMILES string of the molecule is COC(=O)c1ccc(/C=C2\OC(=O)N(C)c3ccccc32)cc1. The number of nitrogens with zero attached hydrogens (tertiary/aromatic N) is 1. The fraction of sp³-hybridized carbons (Fsp3) is 0.111. The van der Waals surface area contributed by atoms with E-state index in [0.29, 0.717) is 11.3 Å². The summed E-state index contributed by atoms with van der Waals surface area (Å²) in [6, 6.07) is 14.4. The van der Waals surface area contributed by atoms with E-state index in [0.717, 1.165) is 16.8 Å². The van der Waals surface area contributed by atoms with Crippen LogP contribution >= 0.6 is 0 Å². The summed E-state index contributed by atoms with van der Waals surface area (Å²) in [5, 5.41) is 0. The number of rotatable bonds is 2. The van der Waals surface area contributed by atoms with Gasteiger partial charge >= 0.3 is 12.1 Å². The van der Waals surface area contributed by atoms with Crippen molar-refractivity contribution in [2.75, 3.05) is 19.1 Å². The summed E-state index contributed by atoms with van der Waals surface area (Å²) >= 11 is 0. The molecule has 1 amide bonds. The zero-order chi connectivity index (χ0) is 16.4. The van der Waals surface area contributed by atoms with Crippen LogP contribution < -0.4 is 4.90 Å². The molecule has 0 spiro atoms. The van der Waals surface area contributed by atoms with E-state index in [1.54, 1.807) is 37.4 Å². The van der Waals surface area contributed by atoms with Crippen LogP contribution in [0.15, 0.2) is 48.5 Å². The first-order valence-corrected chi connectivity index (χ1v) is 7.05. The number of benzene rings is 2. The Labute approximate surface area is 133 Å². The molecule has 0 aliphatic carbocycles. The maximum absolute atomic E-state index is 11.9. The fourth-order valence-electron chi connectivity index (χ4n) is 2.38. The fourth-order valence-corrected chi connectivity index (χ4v) is 2.38. The zero-order valence-corrected chi connectivity index (χ0v) is 12.8. The normalized spacial score (nSPS) is 15.1. The van der Waals surface area contributed by atoms with Crippen LogP contribution in [-0.2, 0) is 9.47 Å². The van der Waals surface area contributed by atoms with E-state index < -0.39 is 6.09 Å². The lowest BCUT2D eigenvalue weighted by Gasteiger charge is -2.26. The lowest BCUT2D eigenvalue weighted by Crippen LogP contribution is -2.31. The molecule has 0 atom stereocenters. The Morgan fingerprint density at radius 2 is 1.83 bits per heavy atom. The molecule has 2 aromatic rings. The third-order valence-electron chi connectivity index (χ3n) is 3.63. The first-order valence-electron chi connectivity index (χ1n) is 7.05. The van der Waals surface area contributed by atoms with Gasteiger partial charge in [-0.2, -0.15) is 0 Å². The minimum atomic E-state index is -0.430. The highest BCUT2D eigenvalue weighted by molar-refractivity contribution is 6.01. The van der Waals surface area contributed by atoms with Crippen molar-refractivity contribution in [2.24, 2.45) is 0 Å². The predicted molar refractivity (Wildman–Crippen MR) is 87.0 cm³/mol. The van der Waals surface area contributed by atoms with Gasteiger partial charge in [0.25, 0.3) is 0 Å². The molecule has 0 unspecified atom stereocenters. The van der Waals surface area contributed by atoms with Gasteiger partial charge in [-0.05, 0) is 35.9 Å². The number of esters is 1. The second-order valence-corrected chi connectivity index (χ2v) is 5.07. The molecule has 1 heterocycles. The standard InChI is InChI=1S/C18H15NO4/c1-19-15-6-4-3-5-14(15)16(23-18(19)21)11-12-7-9-13(10-8-12)17(20)22-2/h3-11H,1-2H3/b16-11-. The lowest BCUT2D eigenvalue weighted by molar-refractivity contribution is 0.0600. The van der Waals surface area contributed by atoms with Gasteiger partial charge in [-0.1, -0.05) is 24.3 Å². The number of hydrogen-bond acceptors (Lipinski definition) is 4. The average Bonchev–Trinajstić information content (AvgIpc) is 2.59. The molecule has 0 saturated carbocycles. The number of carbonyl (C=O) groups excluding carboxylic acids is 2. The molecule has 0 saturated heterocycles. The number of amides is 1. The third-order valence-corrected chi connectivity index (χ3v) is 3.63. The van der Waals surface area contributed by atoms with Gasteiger partial charge in [-0.25, -0.2) is 9.59 Å². The molecule has 0 aromatic heterocycles. The quantitative estimate of drug-likeness (QED) is 0.796. The molecule has 0 N–H and O–H groups in total. The maximum atomic E-state index is 11.9. The van der Waals surface area contributed by atoms with E-state index in [-0.39, 0.29) is 5.97 Å². The van der Waals surface area contributed by atoms with E-state index >= 15 is 0 Å². The van der Waals surface area contributed by atoms with E-state index in [4.69, 9.17) is 4.74 Å². The van der Waals surface area contributed by atoms with Crippen molar-refractivity contribution in [1.29, 1.82) is 0 Å². The highest BCUT2D eigenvalue weighted by atomic mass is 16.6. The van der Waals surface area contributed by atoms with Crippen LogP contribution in [0.3, 0.4) is 0 Å². The van der Waals surface area contributed by atoms with Crippen LogP contribution in [-0.4, -0.2) is 26.2 Å². The summed E-state index contributed by atoms with van der Waals surface area (Å²) in [6.07, 6.45) is 1.34. The van der Waals surface area contributed by atoms with Crippen molar-refractivity contribution in [1.82, 2.24) is 0 Å². The molecular weight excluding hydrogens is 294 g/mol. The molecule has 5 heteroatoms. The Bertz CT molecular complexity index is 793.